The SMILES string of the molecule is Cc1cc(C(=O)O)ccc1CNC(=O)OC(C)(C)C. The second kappa shape index (κ2) is 5.73. The molecular formula is C14H19NO4. The highest BCUT2D eigenvalue weighted by molar-refractivity contribution is 5.87. The quantitative estimate of drug-likeness (QED) is 0.881. The Balaban J connectivity index is 2.64. The van der Waals surface area contributed by atoms with Crippen LogP contribution in [0.15, 0.2) is 18.2 Å². The highest BCUT2D eigenvalue weighted by Gasteiger charge is 2.16. The number of rotatable bonds is 3. The van der Waals surface area contributed by atoms with E-state index in [4.69, 9.17) is 9.84 Å². The van der Waals surface area contributed by atoms with Crippen molar-refractivity contribution in [3.05, 3.63) is 34.9 Å². The number of benzene rings is 1. The summed E-state index contributed by atoms with van der Waals surface area (Å²) < 4.78 is 5.12. The van der Waals surface area contributed by atoms with E-state index in [0.717, 1.165) is 11.1 Å². The van der Waals surface area contributed by atoms with Gasteiger partial charge in [-0.1, -0.05) is 6.07 Å². The number of hydrogen-bond acceptors (Lipinski definition) is 3. The van der Waals surface area contributed by atoms with Crippen LogP contribution in [0.5, 0.6) is 0 Å². The van der Waals surface area contributed by atoms with Crippen LogP contribution in [0.4, 0.5) is 4.79 Å². The van der Waals surface area contributed by atoms with Gasteiger partial charge in [-0.15, -0.1) is 0 Å². The van der Waals surface area contributed by atoms with E-state index in [2.05, 4.69) is 5.32 Å². The van der Waals surface area contributed by atoms with E-state index >= 15 is 0 Å². The van der Waals surface area contributed by atoms with Crippen LogP contribution in [0.1, 0.15) is 42.3 Å². The molecule has 0 unspecified atom stereocenters. The Morgan fingerprint density at radius 3 is 2.42 bits per heavy atom. The molecule has 1 aromatic rings. The second-order valence-corrected chi connectivity index (χ2v) is 5.30. The molecule has 5 nitrogen and oxygen atoms in total. The van der Waals surface area contributed by atoms with Gasteiger partial charge in [0.25, 0.3) is 0 Å². The van der Waals surface area contributed by atoms with Crippen LogP contribution in [-0.2, 0) is 11.3 Å². The normalized spacial score (nSPS) is 10.9. The third-order valence-corrected chi connectivity index (χ3v) is 2.41. The number of hydrogen-bond donors (Lipinski definition) is 2. The van der Waals surface area contributed by atoms with Gasteiger partial charge in [0, 0.05) is 6.54 Å². The molecule has 0 fully saturated rings. The molecule has 1 rings (SSSR count). The van der Waals surface area contributed by atoms with E-state index in [1.165, 1.54) is 6.07 Å². The van der Waals surface area contributed by atoms with Gasteiger partial charge in [0.15, 0.2) is 0 Å². The number of carboxylic acids is 1. The summed E-state index contributed by atoms with van der Waals surface area (Å²) in [7, 11) is 0. The molecule has 0 aliphatic carbocycles. The number of alkyl carbamates (subject to hydrolysis) is 1. The van der Waals surface area contributed by atoms with Crippen molar-refractivity contribution in [2.24, 2.45) is 0 Å². The minimum absolute atomic E-state index is 0.235. The lowest BCUT2D eigenvalue weighted by Crippen LogP contribution is -2.32. The molecule has 0 heterocycles. The van der Waals surface area contributed by atoms with Gasteiger partial charge in [-0.2, -0.15) is 0 Å². The van der Waals surface area contributed by atoms with E-state index < -0.39 is 17.7 Å². The fourth-order valence-electron chi connectivity index (χ4n) is 1.51. The fourth-order valence-corrected chi connectivity index (χ4v) is 1.51. The zero-order chi connectivity index (χ0) is 14.6. The molecule has 0 aromatic heterocycles. The molecule has 0 spiro atoms. The Morgan fingerprint density at radius 1 is 1.32 bits per heavy atom. The van der Waals surface area contributed by atoms with Crippen LogP contribution in [0, 0.1) is 6.92 Å². The molecule has 0 aliphatic rings. The molecule has 1 aromatic carbocycles. The highest BCUT2D eigenvalue weighted by atomic mass is 16.6. The highest BCUT2D eigenvalue weighted by Crippen LogP contribution is 2.12. The number of carboxylic acid groups (broad SMARTS) is 1. The maximum atomic E-state index is 11.5. The van der Waals surface area contributed by atoms with Crippen LogP contribution in [-0.4, -0.2) is 22.8 Å². The molecule has 0 atom stereocenters. The fraction of sp³-hybridized carbons (Fsp3) is 0.429. The summed E-state index contributed by atoms with van der Waals surface area (Å²) in [6.45, 7) is 7.48. The first-order valence-corrected chi connectivity index (χ1v) is 5.99. The number of aromatic carboxylic acids is 1. The first-order valence-electron chi connectivity index (χ1n) is 5.99. The maximum Gasteiger partial charge on any atom is 0.407 e. The van der Waals surface area contributed by atoms with Gasteiger partial charge in [0.05, 0.1) is 5.56 Å². The largest absolute Gasteiger partial charge is 0.478 e. The van der Waals surface area contributed by atoms with Crippen LogP contribution < -0.4 is 5.32 Å². The summed E-state index contributed by atoms with van der Waals surface area (Å²) in [5, 5.41) is 11.5. The summed E-state index contributed by atoms with van der Waals surface area (Å²) >= 11 is 0. The second-order valence-electron chi connectivity index (χ2n) is 5.30. The van der Waals surface area contributed by atoms with Gasteiger partial charge in [0.2, 0.25) is 0 Å². The van der Waals surface area contributed by atoms with Crippen molar-refractivity contribution in [1.29, 1.82) is 0 Å². The molecule has 5 heteroatoms. The third kappa shape index (κ3) is 4.99. The van der Waals surface area contributed by atoms with Crippen molar-refractivity contribution in [3.63, 3.8) is 0 Å². The van der Waals surface area contributed by atoms with Crippen LogP contribution in [0.3, 0.4) is 0 Å². The van der Waals surface area contributed by atoms with Gasteiger partial charge < -0.3 is 15.2 Å². The van der Waals surface area contributed by atoms with Crippen molar-refractivity contribution in [2.45, 2.75) is 39.8 Å². The molecular weight excluding hydrogens is 246 g/mol. The number of ether oxygens (including phenoxy) is 1. The lowest BCUT2D eigenvalue weighted by atomic mass is 10.1. The van der Waals surface area contributed by atoms with Crippen molar-refractivity contribution in [1.82, 2.24) is 5.32 Å². The summed E-state index contributed by atoms with van der Waals surface area (Å²) in [6.07, 6.45) is -0.491. The molecule has 1 amide bonds. The molecule has 0 saturated carbocycles. The molecule has 0 saturated heterocycles. The Bertz CT molecular complexity index is 489. The number of nitrogens with one attached hydrogen (secondary N) is 1. The van der Waals surface area contributed by atoms with Crippen molar-refractivity contribution < 1.29 is 19.4 Å². The summed E-state index contributed by atoms with van der Waals surface area (Å²) in [5.41, 5.74) is 1.37. The molecule has 2 N–H and O–H groups in total. The van der Waals surface area contributed by atoms with E-state index in [1.807, 2.05) is 0 Å². The van der Waals surface area contributed by atoms with Crippen LogP contribution in [0.25, 0.3) is 0 Å². The first kappa shape index (κ1) is 15.0. The molecule has 19 heavy (non-hydrogen) atoms. The number of carbonyl (C=O) groups is 2. The number of amides is 1. The van der Waals surface area contributed by atoms with E-state index in [0.29, 0.717) is 6.54 Å². The molecule has 0 bridgehead atoms. The Labute approximate surface area is 112 Å². The van der Waals surface area contributed by atoms with Gasteiger partial charge in [-0.25, -0.2) is 9.59 Å². The third-order valence-electron chi connectivity index (χ3n) is 2.41. The van der Waals surface area contributed by atoms with Gasteiger partial charge in [-0.05, 0) is 51.0 Å². The average molecular weight is 265 g/mol. The van der Waals surface area contributed by atoms with E-state index in [9.17, 15) is 9.59 Å². The average Bonchev–Trinajstić information content (AvgIpc) is 2.24. The lowest BCUT2D eigenvalue weighted by molar-refractivity contribution is 0.0522. The Kier molecular flexibility index (Phi) is 4.53. The standard InChI is InChI=1S/C14H19NO4/c1-9-7-10(12(16)17)5-6-11(9)8-15-13(18)19-14(2,3)4/h5-7H,8H2,1-4H3,(H,15,18)(H,16,17). The smallest absolute Gasteiger partial charge is 0.407 e. The van der Waals surface area contributed by atoms with E-state index in [-0.39, 0.29) is 5.56 Å². The summed E-state index contributed by atoms with van der Waals surface area (Å²) in [6, 6.07) is 4.78. The van der Waals surface area contributed by atoms with Crippen LogP contribution in [0.2, 0.25) is 0 Å². The predicted octanol–water partition coefficient (Wildman–Crippen LogP) is 2.72. The number of carbonyl (C=O) groups excluding carboxylic acids is 1. The maximum absolute atomic E-state index is 11.5. The molecule has 0 radical (unpaired) electrons. The zero-order valence-electron chi connectivity index (χ0n) is 11.6. The minimum Gasteiger partial charge on any atom is -0.478 e. The molecule has 0 aliphatic heterocycles. The van der Waals surface area contributed by atoms with Gasteiger partial charge in [0.1, 0.15) is 5.60 Å². The Morgan fingerprint density at radius 2 is 1.95 bits per heavy atom. The van der Waals surface area contributed by atoms with Gasteiger partial charge in [-0.3, -0.25) is 0 Å². The number of aryl methyl sites for hydroxylation is 1. The van der Waals surface area contributed by atoms with Crippen molar-refractivity contribution in [3.8, 4) is 0 Å². The minimum atomic E-state index is -0.963. The zero-order valence-corrected chi connectivity index (χ0v) is 11.6. The lowest BCUT2D eigenvalue weighted by Gasteiger charge is -2.20. The van der Waals surface area contributed by atoms with Crippen molar-refractivity contribution >= 4 is 12.1 Å². The monoisotopic (exact) mass is 265 g/mol. The van der Waals surface area contributed by atoms with Crippen LogP contribution >= 0.6 is 0 Å². The summed E-state index contributed by atoms with van der Waals surface area (Å²) in [5.74, 6) is -0.963. The van der Waals surface area contributed by atoms with Gasteiger partial charge >= 0.3 is 12.1 Å². The Hall–Kier alpha value is -2.04. The van der Waals surface area contributed by atoms with Crippen molar-refractivity contribution in [2.75, 3.05) is 0 Å². The first-order chi connectivity index (χ1) is 8.69. The van der Waals surface area contributed by atoms with E-state index in [1.54, 1.807) is 39.8 Å². The summed E-state index contributed by atoms with van der Waals surface area (Å²) in [4.78, 5) is 22.3. The topological polar surface area (TPSA) is 75.6 Å². The predicted molar refractivity (Wildman–Crippen MR) is 71.2 cm³/mol. The molecule has 104 valence electrons.